The summed E-state index contributed by atoms with van der Waals surface area (Å²) in [7, 11) is 0. The van der Waals surface area contributed by atoms with Gasteiger partial charge in [-0.3, -0.25) is 4.98 Å². The van der Waals surface area contributed by atoms with Gasteiger partial charge in [0.1, 0.15) is 6.10 Å². The highest BCUT2D eigenvalue weighted by Gasteiger charge is 2.22. The molecule has 3 heteroatoms. The van der Waals surface area contributed by atoms with Crippen molar-refractivity contribution in [2.24, 2.45) is 0 Å². The van der Waals surface area contributed by atoms with Gasteiger partial charge < -0.3 is 4.74 Å². The number of nitrogens with zero attached hydrogens (tertiary/aromatic N) is 2. The van der Waals surface area contributed by atoms with Crippen LogP contribution in [0.25, 0.3) is 0 Å². The van der Waals surface area contributed by atoms with E-state index < -0.39 is 0 Å². The maximum Gasteiger partial charge on any atom is 0.232 e. The van der Waals surface area contributed by atoms with Crippen LogP contribution < -0.4 is 4.74 Å². The zero-order chi connectivity index (χ0) is 10.8. The molecule has 0 spiro atoms. The van der Waals surface area contributed by atoms with Gasteiger partial charge in [0, 0.05) is 25.2 Å². The fourth-order valence-electron chi connectivity index (χ4n) is 2.12. The van der Waals surface area contributed by atoms with Gasteiger partial charge >= 0.3 is 0 Å². The highest BCUT2D eigenvalue weighted by atomic mass is 16.5. The Hall–Kier alpha value is -1.90. The average Bonchev–Trinajstić information content (AvgIpc) is 2.72. The van der Waals surface area contributed by atoms with Gasteiger partial charge in [0.25, 0.3) is 0 Å². The van der Waals surface area contributed by atoms with Crippen molar-refractivity contribution in [3.63, 3.8) is 0 Å². The predicted octanol–water partition coefficient (Wildman–Crippen LogP) is 2.02. The monoisotopic (exact) mass is 212 g/mol. The lowest BCUT2D eigenvalue weighted by Gasteiger charge is -2.10. The Balaban J connectivity index is 1.73. The molecule has 0 amide bonds. The smallest absolute Gasteiger partial charge is 0.232 e. The standard InChI is InChI=1S/C13H12N2O/c1-2-4-11-8-12(7-10(11)3-1)16-13-9-14-5-6-15-13/h1-6,9,12H,7-8H2. The van der Waals surface area contributed by atoms with Crippen LogP contribution in [0.5, 0.6) is 5.88 Å². The van der Waals surface area contributed by atoms with Gasteiger partial charge in [0.05, 0.1) is 6.20 Å². The lowest BCUT2D eigenvalue weighted by atomic mass is 10.1. The summed E-state index contributed by atoms with van der Waals surface area (Å²) in [5.41, 5.74) is 2.77. The molecule has 1 aliphatic carbocycles. The van der Waals surface area contributed by atoms with Crippen LogP contribution in [0, 0.1) is 0 Å². The van der Waals surface area contributed by atoms with Crippen LogP contribution in [0.2, 0.25) is 0 Å². The SMILES string of the molecule is c1ccc2c(c1)CC(Oc1cnccn1)C2. The van der Waals surface area contributed by atoms with Gasteiger partial charge in [-0.05, 0) is 11.1 Å². The molecule has 1 aromatic carbocycles. The fraction of sp³-hybridized carbons (Fsp3) is 0.231. The van der Waals surface area contributed by atoms with Gasteiger partial charge in [-0.25, -0.2) is 4.98 Å². The molecule has 0 saturated carbocycles. The van der Waals surface area contributed by atoms with Crippen LogP contribution in [0.15, 0.2) is 42.9 Å². The summed E-state index contributed by atoms with van der Waals surface area (Å²) in [5.74, 6) is 0.611. The number of ether oxygens (including phenoxy) is 1. The summed E-state index contributed by atoms with van der Waals surface area (Å²) >= 11 is 0. The van der Waals surface area contributed by atoms with Crippen LogP contribution in [0.4, 0.5) is 0 Å². The van der Waals surface area contributed by atoms with Gasteiger partial charge in [-0.2, -0.15) is 0 Å². The van der Waals surface area contributed by atoms with E-state index in [0.717, 1.165) is 12.8 Å². The van der Waals surface area contributed by atoms with Crippen LogP contribution in [0.1, 0.15) is 11.1 Å². The molecule has 0 radical (unpaired) electrons. The molecule has 1 aromatic heterocycles. The van der Waals surface area contributed by atoms with Gasteiger partial charge in [-0.1, -0.05) is 24.3 Å². The number of fused-ring (bicyclic) bond motifs is 1. The Bertz CT molecular complexity index is 459. The average molecular weight is 212 g/mol. The lowest BCUT2D eigenvalue weighted by Crippen LogP contribution is -2.16. The van der Waals surface area contributed by atoms with E-state index in [-0.39, 0.29) is 6.10 Å². The van der Waals surface area contributed by atoms with Crippen LogP contribution in [-0.4, -0.2) is 16.1 Å². The molecule has 0 atom stereocenters. The van der Waals surface area contributed by atoms with Crippen LogP contribution in [-0.2, 0) is 12.8 Å². The van der Waals surface area contributed by atoms with Crippen molar-refractivity contribution in [3.8, 4) is 5.88 Å². The number of hydrogen-bond acceptors (Lipinski definition) is 3. The fourth-order valence-corrected chi connectivity index (χ4v) is 2.12. The van der Waals surface area contributed by atoms with Crippen molar-refractivity contribution < 1.29 is 4.74 Å². The topological polar surface area (TPSA) is 35.0 Å². The van der Waals surface area contributed by atoms with Crippen LogP contribution in [0.3, 0.4) is 0 Å². The number of aromatic nitrogens is 2. The van der Waals surface area contributed by atoms with E-state index in [0.29, 0.717) is 5.88 Å². The third-order valence-electron chi connectivity index (χ3n) is 2.84. The second-order valence-corrected chi connectivity index (χ2v) is 3.96. The highest BCUT2D eigenvalue weighted by Crippen LogP contribution is 2.24. The van der Waals surface area contributed by atoms with Crippen LogP contribution >= 0.6 is 0 Å². The largest absolute Gasteiger partial charge is 0.473 e. The lowest BCUT2D eigenvalue weighted by molar-refractivity contribution is 0.204. The van der Waals surface area contributed by atoms with Gasteiger partial charge in [-0.15, -0.1) is 0 Å². The summed E-state index contributed by atoms with van der Waals surface area (Å²) in [4.78, 5) is 8.11. The molecule has 0 unspecified atom stereocenters. The molecule has 1 heterocycles. The van der Waals surface area contributed by atoms with Gasteiger partial charge in [0.15, 0.2) is 0 Å². The molecule has 2 aromatic rings. The molecule has 3 rings (SSSR count). The van der Waals surface area contributed by atoms with Crippen molar-refractivity contribution >= 4 is 0 Å². The summed E-state index contributed by atoms with van der Waals surface area (Å²) in [5, 5.41) is 0. The zero-order valence-electron chi connectivity index (χ0n) is 8.84. The summed E-state index contributed by atoms with van der Waals surface area (Å²) in [6, 6.07) is 8.47. The Morgan fingerprint density at radius 3 is 2.44 bits per heavy atom. The molecule has 0 fully saturated rings. The maximum absolute atomic E-state index is 5.78. The molecule has 0 bridgehead atoms. The molecule has 3 nitrogen and oxygen atoms in total. The van der Waals surface area contributed by atoms with E-state index in [1.54, 1.807) is 18.6 Å². The van der Waals surface area contributed by atoms with E-state index in [9.17, 15) is 0 Å². The molecule has 1 aliphatic rings. The summed E-state index contributed by atoms with van der Waals surface area (Å²) < 4.78 is 5.78. The third kappa shape index (κ3) is 1.76. The molecule has 16 heavy (non-hydrogen) atoms. The minimum absolute atomic E-state index is 0.203. The Morgan fingerprint density at radius 1 is 1.06 bits per heavy atom. The minimum Gasteiger partial charge on any atom is -0.473 e. The van der Waals surface area contributed by atoms with E-state index in [1.807, 2.05) is 0 Å². The van der Waals surface area contributed by atoms with Crippen molar-refractivity contribution in [1.82, 2.24) is 9.97 Å². The van der Waals surface area contributed by atoms with Crippen molar-refractivity contribution in [3.05, 3.63) is 54.0 Å². The molecular formula is C13H12N2O. The van der Waals surface area contributed by atoms with Crippen molar-refractivity contribution in [2.75, 3.05) is 0 Å². The molecule has 0 aliphatic heterocycles. The Kier molecular flexibility index (Phi) is 2.29. The first-order valence-electron chi connectivity index (χ1n) is 5.41. The first-order chi connectivity index (χ1) is 7.92. The van der Waals surface area contributed by atoms with Gasteiger partial charge in [0.2, 0.25) is 5.88 Å². The zero-order valence-corrected chi connectivity index (χ0v) is 8.84. The molecular weight excluding hydrogens is 200 g/mol. The van der Waals surface area contributed by atoms with E-state index >= 15 is 0 Å². The predicted molar refractivity (Wildman–Crippen MR) is 60.3 cm³/mol. The molecule has 80 valence electrons. The number of hydrogen-bond donors (Lipinski definition) is 0. The first-order valence-corrected chi connectivity index (χ1v) is 5.41. The second-order valence-electron chi connectivity index (χ2n) is 3.96. The number of rotatable bonds is 2. The summed E-state index contributed by atoms with van der Waals surface area (Å²) in [6.45, 7) is 0. The Morgan fingerprint density at radius 2 is 1.81 bits per heavy atom. The summed E-state index contributed by atoms with van der Waals surface area (Å²) in [6.07, 6.45) is 7.09. The van der Waals surface area contributed by atoms with E-state index in [1.165, 1.54) is 11.1 Å². The quantitative estimate of drug-likeness (QED) is 0.764. The van der Waals surface area contributed by atoms with E-state index in [2.05, 4.69) is 34.2 Å². The van der Waals surface area contributed by atoms with E-state index in [4.69, 9.17) is 4.74 Å². The van der Waals surface area contributed by atoms with Crippen molar-refractivity contribution in [1.29, 1.82) is 0 Å². The maximum atomic E-state index is 5.78. The normalized spacial score (nSPS) is 14.8. The highest BCUT2D eigenvalue weighted by molar-refractivity contribution is 5.33. The van der Waals surface area contributed by atoms with Crippen molar-refractivity contribution in [2.45, 2.75) is 18.9 Å². The Labute approximate surface area is 94.1 Å². The second kappa shape index (κ2) is 3.93. The number of benzene rings is 1. The third-order valence-corrected chi connectivity index (χ3v) is 2.84. The molecule has 0 N–H and O–H groups in total. The molecule has 0 saturated heterocycles. The minimum atomic E-state index is 0.203. The first kappa shape index (κ1) is 9.33.